The summed E-state index contributed by atoms with van der Waals surface area (Å²) < 4.78 is 4.59. The molecular weight excluding hydrogens is 230 g/mol. The van der Waals surface area contributed by atoms with E-state index in [0.717, 1.165) is 16.3 Å². The van der Waals surface area contributed by atoms with E-state index in [1.165, 1.54) is 7.11 Å². The molecule has 4 heteroatoms. The first kappa shape index (κ1) is 12.4. The van der Waals surface area contributed by atoms with Crippen LogP contribution in [0.15, 0.2) is 36.4 Å². The van der Waals surface area contributed by atoms with E-state index in [-0.39, 0.29) is 5.75 Å². The number of phenolic OH excluding ortho intramolecular Hbond substituents is 1. The number of carbonyl (C=O) groups is 1. The van der Waals surface area contributed by atoms with Crippen molar-refractivity contribution in [3.63, 3.8) is 0 Å². The third-order valence-corrected chi connectivity index (χ3v) is 2.85. The summed E-state index contributed by atoms with van der Waals surface area (Å²) in [6, 6.07) is 10.3. The van der Waals surface area contributed by atoms with Crippen LogP contribution in [0.1, 0.15) is 5.56 Å². The van der Waals surface area contributed by atoms with Crippen LogP contribution in [0, 0.1) is 0 Å². The first-order chi connectivity index (χ1) is 8.60. The molecule has 0 aliphatic carbocycles. The molecule has 3 N–H and O–H groups in total. The van der Waals surface area contributed by atoms with Crippen LogP contribution in [-0.4, -0.2) is 24.2 Å². The SMILES string of the molecule is COC(=O)C(N)Cc1ccc2cc(O)ccc2c1. The first-order valence-electron chi connectivity index (χ1n) is 5.65. The molecule has 0 fully saturated rings. The molecule has 0 heterocycles. The van der Waals surface area contributed by atoms with Gasteiger partial charge in [0, 0.05) is 0 Å². The molecule has 0 bridgehead atoms. The van der Waals surface area contributed by atoms with Gasteiger partial charge in [0.15, 0.2) is 0 Å². The van der Waals surface area contributed by atoms with E-state index < -0.39 is 12.0 Å². The number of rotatable bonds is 3. The van der Waals surface area contributed by atoms with Crippen LogP contribution >= 0.6 is 0 Å². The molecule has 0 radical (unpaired) electrons. The fraction of sp³-hybridized carbons (Fsp3) is 0.214. The number of hydrogen-bond acceptors (Lipinski definition) is 4. The Labute approximate surface area is 105 Å². The third kappa shape index (κ3) is 2.60. The normalized spacial score (nSPS) is 12.3. The Morgan fingerprint density at radius 3 is 2.67 bits per heavy atom. The zero-order valence-electron chi connectivity index (χ0n) is 10.1. The highest BCUT2D eigenvalue weighted by Crippen LogP contribution is 2.21. The van der Waals surface area contributed by atoms with Crippen LogP contribution in [0.25, 0.3) is 10.8 Å². The number of aromatic hydroxyl groups is 1. The first-order valence-corrected chi connectivity index (χ1v) is 5.65. The van der Waals surface area contributed by atoms with Crippen molar-refractivity contribution in [3.05, 3.63) is 42.0 Å². The molecule has 0 aromatic heterocycles. The quantitative estimate of drug-likeness (QED) is 0.805. The van der Waals surface area contributed by atoms with Crippen LogP contribution in [0.2, 0.25) is 0 Å². The number of hydrogen-bond donors (Lipinski definition) is 2. The fourth-order valence-electron chi connectivity index (χ4n) is 1.90. The number of fused-ring (bicyclic) bond motifs is 1. The average Bonchev–Trinajstić information content (AvgIpc) is 2.38. The smallest absolute Gasteiger partial charge is 0.322 e. The zero-order chi connectivity index (χ0) is 13.1. The maximum atomic E-state index is 11.2. The Kier molecular flexibility index (Phi) is 3.48. The molecule has 1 unspecified atom stereocenters. The minimum atomic E-state index is -0.649. The molecule has 18 heavy (non-hydrogen) atoms. The van der Waals surface area contributed by atoms with Crippen LogP contribution in [0.4, 0.5) is 0 Å². The van der Waals surface area contributed by atoms with Gasteiger partial charge in [-0.05, 0) is 34.9 Å². The van der Waals surface area contributed by atoms with Crippen molar-refractivity contribution in [1.82, 2.24) is 0 Å². The molecule has 0 aliphatic rings. The molecule has 0 spiro atoms. The zero-order valence-corrected chi connectivity index (χ0v) is 10.1. The topological polar surface area (TPSA) is 72.5 Å². The lowest BCUT2D eigenvalue weighted by Gasteiger charge is -2.10. The molecule has 0 saturated heterocycles. The molecule has 0 aliphatic heterocycles. The van der Waals surface area contributed by atoms with Gasteiger partial charge in [-0.25, -0.2) is 0 Å². The number of nitrogens with two attached hydrogens (primary N) is 1. The van der Waals surface area contributed by atoms with Crippen molar-refractivity contribution in [1.29, 1.82) is 0 Å². The lowest BCUT2D eigenvalue weighted by Crippen LogP contribution is -2.33. The van der Waals surface area contributed by atoms with Crippen molar-refractivity contribution in [2.45, 2.75) is 12.5 Å². The van der Waals surface area contributed by atoms with Crippen molar-refractivity contribution >= 4 is 16.7 Å². The highest BCUT2D eigenvalue weighted by atomic mass is 16.5. The van der Waals surface area contributed by atoms with Crippen molar-refractivity contribution in [2.75, 3.05) is 7.11 Å². The summed E-state index contributed by atoms with van der Waals surface area (Å²) in [7, 11) is 1.32. The number of esters is 1. The summed E-state index contributed by atoms with van der Waals surface area (Å²) in [6.07, 6.45) is 0.434. The number of phenols is 1. The second kappa shape index (κ2) is 5.06. The minimum Gasteiger partial charge on any atom is -0.508 e. The maximum Gasteiger partial charge on any atom is 0.322 e. The van der Waals surface area contributed by atoms with Gasteiger partial charge >= 0.3 is 5.97 Å². The molecule has 0 amide bonds. The standard InChI is InChI=1S/C14H15NO3/c1-18-14(17)13(15)7-9-2-3-11-8-12(16)5-4-10(11)6-9/h2-6,8,13,16H,7,15H2,1H3. The summed E-state index contributed by atoms with van der Waals surface area (Å²) >= 11 is 0. The van der Waals surface area contributed by atoms with E-state index in [0.29, 0.717) is 6.42 Å². The van der Waals surface area contributed by atoms with Gasteiger partial charge in [-0.15, -0.1) is 0 Å². The third-order valence-electron chi connectivity index (χ3n) is 2.85. The predicted molar refractivity (Wildman–Crippen MR) is 69.3 cm³/mol. The summed E-state index contributed by atoms with van der Waals surface area (Å²) in [5, 5.41) is 11.3. The Morgan fingerprint density at radius 1 is 1.28 bits per heavy atom. The number of ether oxygens (including phenoxy) is 1. The van der Waals surface area contributed by atoms with Gasteiger partial charge in [0.2, 0.25) is 0 Å². The summed E-state index contributed by atoms with van der Waals surface area (Å²) in [6.45, 7) is 0. The summed E-state index contributed by atoms with van der Waals surface area (Å²) in [4.78, 5) is 11.2. The van der Waals surface area contributed by atoms with E-state index in [1.54, 1.807) is 12.1 Å². The van der Waals surface area contributed by atoms with E-state index >= 15 is 0 Å². The fourth-order valence-corrected chi connectivity index (χ4v) is 1.90. The Bertz CT molecular complexity index is 580. The molecule has 94 valence electrons. The predicted octanol–water partition coefficient (Wildman–Crippen LogP) is 1.59. The highest BCUT2D eigenvalue weighted by molar-refractivity contribution is 5.84. The summed E-state index contributed by atoms with van der Waals surface area (Å²) in [5.74, 6) is -0.178. The van der Waals surface area contributed by atoms with Gasteiger partial charge in [0.1, 0.15) is 11.8 Å². The van der Waals surface area contributed by atoms with Crippen molar-refractivity contribution in [3.8, 4) is 5.75 Å². The second-order valence-electron chi connectivity index (χ2n) is 4.20. The summed E-state index contributed by atoms with van der Waals surface area (Å²) in [5.41, 5.74) is 6.68. The van der Waals surface area contributed by atoms with Crippen LogP contribution < -0.4 is 5.73 Å². The van der Waals surface area contributed by atoms with E-state index in [4.69, 9.17) is 5.73 Å². The van der Waals surface area contributed by atoms with E-state index in [1.807, 2.05) is 24.3 Å². The van der Waals surface area contributed by atoms with Gasteiger partial charge in [0.05, 0.1) is 7.11 Å². The molecule has 2 aromatic rings. The monoisotopic (exact) mass is 245 g/mol. The van der Waals surface area contributed by atoms with Crippen molar-refractivity contribution < 1.29 is 14.6 Å². The average molecular weight is 245 g/mol. The number of methoxy groups -OCH3 is 1. The van der Waals surface area contributed by atoms with Crippen LogP contribution in [-0.2, 0) is 16.0 Å². The van der Waals surface area contributed by atoms with Gasteiger partial charge in [-0.2, -0.15) is 0 Å². The second-order valence-corrected chi connectivity index (χ2v) is 4.20. The number of benzene rings is 2. The molecular formula is C14H15NO3. The van der Waals surface area contributed by atoms with Crippen molar-refractivity contribution in [2.24, 2.45) is 5.73 Å². The van der Waals surface area contributed by atoms with Gasteiger partial charge in [0.25, 0.3) is 0 Å². The molecule has 1 atom stereocenters. The van der Waals surface area contributed by atoms with Gasteiger partial charge in [-0.3, -0.25) is 4.79 Å². The lowest BCUT2D eigenvalue weighted by atomic mass is 10.0. The molecule has 2 rings (SSSR count). The Hall–Kier alpha value is -2.07. The number of carbonyl (C=O) groups excluding carboxylic acids is 1. The van der Waals surface area contributed by atoms with Crippen LogP contribution in [0.5, 0.6) is 5.75 Å². The van der Waals surface area contributed by atoms with E-state index in [2.05, 4.69) is 4.74 Å². The molecule has 4 nitrogen and oxygen atoms in total. The highest BCUT2D eigenvalue weighted by Gasteiger charge is 2.14. The molecule has 0 saturated carbocycles. The Balaban J connectivity index is 2.25. The largest absolute Gasteiger partial charge is 0.508 e. The van der Waals surface area contributed by atoms with Crippen LogP contribution in [0.3, 0.4) is 0 Å². The van der Waals surface area contributed by atoms with Gasteiger partial charge in [-0.1, -0.05) is 24.3 Å². The van der Waals surface area contributed by atoms with Gasteiger partial charge < -0.3 is 15.6 Å². The molecule has 2 aromatic carbocycles. The minimum absolute atomic E-state index is 0.238. The maximum absolute atomic E-state index is 11.2. The van der Waals surface area contributed by atoms with E-state index in [9.17, 15) is 9.90 Å². The Morgan fingerprint density at radius 2 is 1.94 bits per heavy atom. The lowest BCUT2D eigenvalue weighted by molar-refractivity contribution is -0.142.